The Hall–Kier alpha value is -9.12. The summed E-state index contributed by atoms with van der Waals surface area (Å²) in [6.45, 7) is 4.32. The van der Waals surface area contributed by atoms with E-state index in [-0.39, 0.29) is 0 Å². The fraction of sp³-hybridized carbons (Fsp3) is 0.0303. The molecule has 0 fully saturated rings. The zero-order valence-corrected chi connectivity index (χ0v) is 39.1. The lowest BCUT2D eigenvalue weighted by Crippen LogP contribution is -2.16. The van der Waals surface area contributed by atoms with Gasteiger partial charge in [-0.1, -0.05) is 164 Å². The van der Waals surface area contributed by atoms with Crippen LogP contribution in [0.1, 0.15) is 11.1 Å². The van der Waals surface area contributed by atoms with Crippen LogP contribution in [0.2, 0.25) is 0 Å². The zero-order valence-electron chi connectivity index (χ0n) is 39.1. The Morgan fingerprint density at radius 3 is 1.24 bits per heavy atom. The quantitative estimate of drug-likeness (QED) is 0.129. The van der Waals surface area contributed by atoms with E-state index in [0.29, 0.717) is 0 Å². The van der Waals surface area contributed by atoms with Crippen LogP contribution in [0.5, 0.6) is 0 Å². The molecule has 1 aromatic heterocycles. The SMILES string of the molecule is Cc1cccc(N(c2ccccc2)c2cc(N(c3ccc(-c4cccc5ccccc45)cc3)c3ccc(-c4cccc5c4oc4ccccc45)cc3)cc(N(c3ccccc3)c3cccc(C)c3)c2)c1. The molecular formula is C66H49N3O. The molecule has 0 aliphatic heterocycles. The maximum Gasteiger partial charge on any atom is 0.143 e. The second-order valence-electron chi connectivity index (χ2n) is 18.0. The number of hydrogen-bond acceptors (Lipinski definition) is 4. The summed E-state index contributed by atoms with van der Waals surface area (Å²) in [7, 11) is 0. The number of hydrogen-bond donors (Lipinski definition) is 0. The summed E-state index contributed by atoms with van der Waals surface area (Å²) in [5.74, 6) is 0. The summed E-state index contributed by atoms with van der Waals surface area (Å²) >= 11 is 0. The van der Waals surface area contributed by atoms with Gasteiger partial charge in [0.15, 0.2) is 0 Å². The monoisotopic (exact) mass is 899 g/mol. The van der Waals surface area contributed by atoms with Crippen LogP contribution in [-0.4, -0.2) is 0 Å². The highest BCUT2D eigenvalue weighted by atomic mass is 16.3. The van der Waals surface area contributed by atoms with Crippen molar-refractivity contribution in [3.05, 3.63) is 272 Å². The van der Waals surface area contributed by atoms with Crippen LogP contribution < -0.4 is 14.7 Å². The lowest BCUT2D eigenvalue weighted by atomic mass is 9.98. The molecule has 0 saturated heterocycles. The number of furan rings is 1. The van der Waals surface area contributed by atoms with Crippen molar-refractivity contribution in [3.63, 3.8) is 0 Å². The number of nitrogens with zero attached hydrogens (tertiary/aromatic N) is 3. The van der Waals surface area contributed by atoms with Crippen molar-refractivity contribution in [2.24, 2.45) is 0 Å². The predicted octanol–water partition coefficient (Wildman–Crippen LogP) is 19.1. The van der Waals surface area contributed by atoms with Crippen LogP contribution in [0.25, 0.3) is 55.0 Å². The van der Waals surface area contributed by atoms with Crippen LogP contribution in [0.4, 0.5) is 51.2 Å². The molecule has 12 aromatic rings. The van der Waals surface area contributed by atoms with E-state index < -0.39 is 0 Å². The van der Waals surface area contributed by atoms with Crippen LogP contribution in [0, 0.1) is 13.8 Å². The van der Waals surface area contributed by atoms with Crippen molar-refractivity contribution < 1.29 is 4.42 Å². The number of rotatable bonds is 11. The largest absolute Gasteiger partial charge is 0.455 e. The molecule has 334 valence electrons. The molecule has 12 rings (SSSR count). The Morgan fingerprint density at radius 1 is 0.271 bits per heavy atom. The minimum absolute atomic E-state index is 0.890. The smallest absolute Gasteiger partial charge is 0.143 e. The lowest BCUT2D eigenvalue weighted by Gasteiger charge is -2.33. The van der Waals surface area contributed by atoms with Gasteiger partial charge in [-0.25, -0.2) is 0 Å². The first-order chi connectivity index (χ1) is 34.5. The van der Waals surface area contributed by atoms with Crippen LogP contribution in [0.15, 0.2) is 265 Å². The van der Waals surface area contributed by atoms with Gasteiger partial charge in [0.25, 0.3) is 0 Å². The van der Waals surface area contributed by atoms with Gasteiger partial charge in [-0.05, 0) is 149 Å². The van der Waals surface area contributed by atoms with E-state index in [1.54, 1.807) is 0 Å². The Morgan fingerprint density at radius 2 is 0.671 bits per heavy atom. The van der Waals surface area contributed by atoms with Gasteiger partial charge < -0.3 is 19.1 Å². The summed E-state index contributed by atoms with van der Waals surface area (Å²) in [6.07, 6.45) is 0. The summed E-state index contributed by atoms with van der Waals surface area (Å²) in [5, 5.41) is 4.69. The van der Waals surface area contributed by atoms with Crippen molar-refractivity contribution in [1.29, 1.82) is 0 Å². The van der Waals surface area contributed by atoms with E-state index in [2.05, 4.69) is 277 Å². The molecule has 0 spiro atoms. The summed E-state index contributed by atoms with van der Waals surface area (Å²) in [4.78, 5) is 7.14. The first-order valence-corrected chi connectivity index (χ1v) is 23.9. The molecule has 0 amide bonds. The Kier molecular flexibility index (Phi) is 11.0. The molecule has 0 atom stereocenters. The standard InChI is InChI=1S/C66H49N3O/c1-46-17-13-25-55(41-46)68(51-21-5-3-6-22-51)58-43-57(44-59(45-58)69(52-23-7-4-8-24-52)56-26-14-18-47(2)42-56)67(53-37-33-49(34-38-53)61-29-15-20-48-19-9-10-27-60(48)61)54-39-35-50(36-40-54)62-30-16-31-64-63-28-11-12-32-65(63)70-66(62)64/h3-45H,1-2H3. The molecule has 0 radical (unpaired) electrons. The number of fused-ring (bicyclic) bond motifs is 4. The highest BCUT2D eigenvalue weighted by Crippen LogP contribution is 2.47. The van der Waals surface area contributed by atoms with Gasteiger partial charge in [0.2, 0.25) is 0 Å². The third-order valence-corrected chi connectivity index (χ3v) is 13.3. The van der Waals surface area contributed by atoms with Gasteiger partial charge in [0, 0.05) is 50.5 Å². The minimum atomic E-state index is 0.890. The number of anilines is 9. The highest BCUT2D eigenvalue weighted by molar-refractivity contribution is 6.09. The van der Waals surface area contributed by atoms with Gasteiger partial charge in [-0.3, -0.25) is 0 Å². The van der Waals surface area contributed by atoms with Gasteiger partial charge in [0.1, 0.15) is 11.2 Å². The third kappa shape index (κ3) is 8.01. The molecule has 4 heteroatoms. The third-order valence-electron chi connectivity index (χ3n) is 13.3. The predicted molar refractivity (Wildman–Crippen MR) is 296 cm³/mol. The molecule has 0 N–H and O–H groups in total. The van der Waals surface area contributed by atoms with Crippen molar-refractivity contribution in [2.45, 2.75) is 13.8 Å². The number of para-hydroxylation sites is 4. The summed E-state index contributed by atoms with van der Waals surface area (Å²) in [5.41, 5.74) is 18.0. The average Bonchev–Trinajstić information content (AvgIpc) is 3.79. The van der Waals surface area contributed by atoms with Crippen molar-refractivity contribution >= 4 is 83.9 Å². The van der Waals surface area contributed by atoms with E-state index in [1.165, 1.54) is 27.5 Å². The summed E-state index contributed by atoms with van der Waals surface area (Å²) < 4.78 is 6.54. The zero-order chi connectivity index (χ0) is 47.0. The number of aryl methyl sites for hydroxylation is 2. The van der Waals surface area contributed by atoms with Crippen molar-refractivity contribution in [1.82, 2.24) is 0 Å². The van der Waals surface area contributed by atoms with Gasteiger partial charge >= 0.3 is 0 Å². The second-order valence-corrected chi connectivity index (χ2v) is 18.0. The van der Waals surface area contributed by atoms with E-state index in [0.717, 1.165) is 89.8 Å². The lowest BCUT2D eigenvalue weighted by molar-refractivity contribution is 0.670. The molecule has 70 heavy (non-hydrogen) atoms. The molecule has 4 nitrogen and oxygen atoms in total. The number of benzene rings is 11. The fourth-order valence-electron chi connectivity index (χ4n) is 10.0. The molecule has 11 aromatic carbocycles. The maximum atomic E-state index is 6.54. The average molecular weight is 900 g/mol. The Labute approximate surface area is 409 Å². The van der Waals surface area contributed by atoms with E-state index in [9.17, 15) is 0 Å². The summed E-state index contributed by atoms with van der Waals surface area (Å²) in [6, 6.07) is 93.8. The van der Waals surface area contributed by atoms with E-state index in [4.69, 9.17) is 4.42 Å². The topological polar surface area (TPSA) is 22.9 Å². The molecule has 0 saturated carbocycles. The minimum Gasteiger partial charge on any atom is -0.455 e. The van der Waals surface area contributed by atoms with Gasteiger partial charge in [0.05, 0.1) is 17.1 Å². The van der Waals surface area contributed by atoms with Crippen molar-refractivity contribution in [2.75, 3.05) is 14.7 Å². The van der Waals surface area contributed by atoms with E-state index in [1.807, 2.05) is 12.1 Å². The molecule has 0 aliphatic carbocycles. The van der Waals surface area contributed by atoms with Crippen LogP contribution in [-0.2, 0) is 0 Å². The Balaban J connectivity index is 1.09. The first kappa shape index (κ1) is 42.2. The van der Waals surface area contributed by atoms with Gasteiger partial charge in [-0.15, -0.1) is 0 Å². The molecule has 0 aliphatic rings. The fourth-order valence-corrected chi connectivity index (χ4v) is 10.0. The molecular weight excluding hydrogens is 851 g/mol. The van der Waals surface area contributed by atoms with Crippen molar-refractivity contribution in [3.8, 4) is 22.3 Å². The highest BCUT2D eigenvalue weighted by Gasteiger charge is 2.23. The molecule has 0 unspecified atom stereocenters. The maximum absolute atomic E-state index is 6.54. The van der Waals surface area contributed by atoms with Crippen LogP contribution >= 0.6 is 0 Å². The molecule has 0 bridgehead atoms. The normalized spacial score (nSPS) is 11.3. The molecule has 1 heterocycles. The van der Waals surface area contributed by atoms with Crippen LogP contribution in [0.3, 0.4) is 0 Å². The second kappa shape index (κ2) is 18.2. The first-order valence-electron chi connectivity index (χ1n) is 23.9. The van der Waals surface area contributed by atoms with E-state index >= 15 is 0 Å². The Bertz CT molecular complexity index is 3690. The van der Waals surface area contributed by atoms with Gasteiger partial charge in [-0.2, -0.15) is 0 Å².